The summed E-state index contributed by atoms with van der Waals surface area (Å²) in [5, 5.41) is 0.434. The molecule has 7 nitrogen and oxygen atoms in total. The van der Waals surface area contributed by atoms with Crippen LogP contribution in [0.5, 0.6) is 0 Å². The van der Waals surface area contributed by atoms with Crippen molar-refractivity contribution in [3.8, 4) is 0 Å². The quantitative estimate of drug-likeness (QED) is 0.384. The van der Waals surface area contributed by atoms with Crippen LogP contribution in [0, 0.1) is 5.82 Å². The summed E-state index contributed by atoms with van der Waals surface area (Å²) in [6, 6.07) is 11.5. The third kappa shape index (κ3) is 7.10. The van der Waals surface area contributed by atoms with Crippen molar-refractivity contribution < 1.29 is 22.3 Å². The first-order valence-corrected chi connectivity index (χ1v) is 15.8. The van der Waals surface area contributed by atoms with Gasteiger partial charge in [0.15, 0.2) is 0 Å². The SMILES string of the molecule is Cl.O=C(OC[C@H]1CCC[C@@H](c2cccc(F)c2)N1S(=O)(=O)c1ccc(Cl)cc1)N1CCC(N2CCCCC2)CC1. The Morgan fingerprint density at radius 1 is 0.925 bits per heavy atom. The normalized spacial score (nSPS) is 23.4. The van der Waals surface area contributed by atoms with Gasteiger partial charge in [0, 0.05) is 24.2 Å². The van der Waals surface area contributed by atoms with Gasteiger partial charge in [0.1, 0.15) is 12.4 Å². The minimum atomic E-state index is -3.99. The molecule has 0 aliphatic carbocycles. The molecule has 2 aromatic carbocycles. The van der Waals surface area contributed by atoms with Crippen molar-refractivity contribution in [3.63, 3.8) is 0 Å². The molecule has 2 aromatic rings. The lowest BCUT2D eigenvalue weighted by Crippen LogP contribution is -2.50. The van der Waals surface area contributed by atoms with E-state index in [4.69, 9.17) is 16.3 Å². The number of hydrogen-bond acceptors (Lipinski definition) is 5. The van der Waals surface area contributed by atoms with Crippen LogP contribution in [0.25, 0.3) is 0 Å². The molecule has 0 radical (unpaired) electrons. The lowest BCUT2D eigenvalue weighted by atomic mass is 9.93. The summed E-state index contributed by atoms with van der Waals surface area (Å²) < 4.78 is 49.2. The largest absolute Gasteiger partial charge is 0.448 e. The summed E-state index contributed by atoms with van der Waals surface area (Å²) >= 11 is 6.01. The van der Waals surface area contributed by atoms with E-state index in [1.165, 1.54) is 60.0 Å². The van der Waals surface area contributed by atoms with Crippen molar-refractivity contribution in [2.45, 2.75) is 74.4 Å². The minimum absolute atomic E-state index is 0. The van der Waals surface area contributed by atoms with Crippen molar-refractivity contribution in [2.75, 3.05) is 32.8 Å². The highest BCUT2D eigenvalue weighted by atomic mass is 35.5. The molecule has 3 aliphatic rings. The average Bonchev–Trinajstić information content (AvgIpc) is 2.96. The van der Waals surface area contributed by atoms with Crippen LogP contribution in [0.3, 0.4) is 0 Å². The van der Waals surface area contributed by atoms with Gasteiger partial charge in [0.05, 0.1) is 17.0 Å². The van der Waals surface area contributed by atoms with E-state index in [1.54, 1.807) is 17.0 Å². The number of benzene rings is 2. The van der Waals surface area contributed by atoms with Gasteiger partial charge in [-0.15, -0.1) is 12.4 Å². The number of halogens is 3. The van der Waals surface area contributed by atoms with E-state index in [0.29, 0.717) is 42.6 Å². The lowest BCUT2D eigenvalue weighted by molar-refractivity contribution is 0.0449. The molecule has 0 aromatic heterocycles. The van der Waals surface area contributed by atoms with Crippen LogP contribution in [0.2, 0.25) is 5.02 Å². The molecule has 3 saturated heterocycles. The maximum Gasteiger partial charge on any atom is 0.409 e. The van der Waals surface area contributed by atoms with Gasteiger partial charge in [-0.1, -0.05) is 30.2 Å². The zero-order valence-corrected chi connectivity index (χ0v) is 25.0. The van der Waals surface area contributed by atoms with Crippen LogP contribution in [0.15, 0.2) is 53.4 Å². The topological polar surface area (TPSA) is 70.2 Å². The Morgan fingerprint density at radius 3 is 2.30 bits per heavy atom. The monoisotopic (exact) mass is 613 g/mol. The Morgan fingerprint density at radius 2 is 1.62 bits per heavy atom. The molecule has 1 amide bonds. The molecule has 0 saturated carbocycles. The number of piperidine rings is 3. The van der Waals surface area contributed by atoms with Crippen LogP contribution in [-0.2, 0) is 14.8 Å². The van der Waals surface area contributed by atoms with Crippen LogP contribution < -0.4 is 0 Å². The van der Waals surface area contributed by atoms with Gasteiger partial charge in [-0.3, -0.25) is 0 Å². The van der Waals surface area contributed by atoms with Gasteiger partial charge >= 0.3 is 6.09 Å². The summed E-state index contributed by atoms with van der Waals surface area (Å²) in [4.78, 5) is 17.4. The van der Waals surface area contributed by atoms with E-state index in [-0.39, 0.29) is 23.9 Å². The molecule has 3 fully saturated rings. The molecule has 3 aliphatic heterocycles. The third-order valence-electron chi connectivity index (χ3n) is 8.33. The Balaban J connectivity index is 0.00000370. The Labute approximate surface area is 248 Å². The molecule has 0 spiro atoms. The standard InChI is InChI=1S/C29H37ClFN3O4S.ClH/c30-23-10-12-27(13-11-23)39(36,37)34-26(8-5-9-28(34)22-6-4-7-24(31)20-22)21-38-29(35)33-18-14-25(15-19-33)32-16-2-1-3-17-32;/h4,6-7,10-13,20,25-26,28H,1-3,5,8-9,14-19,21H2;1H/t26-,28+;/m1./s1. The highest BCUT2D eigenvalue weighted by Gasteiger charge is 2.41. The number of rotatable bonds is 6. The number of carbonyl (C=O) groups is 1. The van der Waals surface area contributed by atoms with Crippen molar-refractivity contribution >= 4 is 40.1 Å². The number of sulfonamides is 1. The molecule has 11 heteroatoms. The summed E-state index contributed by atoms with van der Waals surface area (Å²) in [5.41, 5.74) is 0.586. The van der Waals surface area contributed by atoms with Crippen molar-refractivity contribution in [1.29, 1.82) is 0 Å². The first kappa shape index (κ1) is 31.0. The maximum absolute atomic E-state index is 14.2. The van der Waals surface area contributed by atoms with E-state index in [2.05, 4.69) is 4.90 Å². The highest BCUT2D eigenvalue weighted by molar-refractivity contribution is 7.89. The number of amides is 1. The molecule has 220 valence electrons. The van der Waals surface area contributed by atoms with Gasteiger partial charge in [-0.05, 0) is 100.0 Å². The lowest BCUT2D eigenvalue weighted by Gasteiger charge is -2.42. The van der Waals surface area contributed by atoms with Gasteiger partial charge in [-0.25, -0.2) is 17.6 Å². The molecule has 0 unspecified atom stereocenters. The summed E-state index contributed by atoms with van der Waals surface area (Å²) in [5.74, 6) is -0.419. The number of hydrogen-bond donors (Lipinski definition) is 0. The van der Waals surface area contributed by atoms with Crippen LogP contribution >= 0.6 is 24.0 Å². The second-order valence-electron chi connectivity index (χ2n) is 10.8. The first-order chi connectivity index (χ1) is 18.8. The molecule has 2 atom stereocenters. The summed E-state index contributed by atoms with van der Waals surface area (Å²) in [7, 11) is -3.99. The molecule has 3 heterocycles. The smallest absolute Gasteiger partial charge is 0.409 e. The van der Waals surface area contributed by atoms with Crippen molar-refractivity contribution in [2.24, 2.45) is 0 Å². The Kier molecular flexibility index (Phi) is 10.7. The van der Waals surface area contributed by atoms with E-state index >= 15 is 0 Å². The van der Waals surface area contributed by atoms with Crippen LogP contribution in [0.1, 0.15) is 63.0 Å². The second-order valence-corrected chi connectivity index (χ2v) is 13.1. The van der Waals surface area contributed by atoms with Crippen LogP contribution in [0.4, 0.5) is 9.18 Å². The number of likely N-dealkylation sites (tertiary alicyclic amines) is 2. The van der Waals surface area contributed by atoms with Crippen molar-refractivity contribution in [1.82, 2.24) is 14.1 Å². The fourth-order valence-corrected chi connectivity index (χ4v) is 8.26. The zero-order valence-electron chi connectivity index (χ0n) is 22.6. The van der Waals surface area contributed by atoms with Gasteiger partial charge in [-0.2, -0.15) is 4.31 Å². The van der Waals surface area contributed by atoms with E-state index < -0.39 is 34.0 Å². The maximum atomic E-state index is 14.2. The number of ether oxygens (including phenoxy) is 1. The Hall–Kier alpha value is -1.91. The molecule has 0 bridgehead atoms. The molecular weight excluding hydrogens is 576 g/mol. The van der Waals surface area contributed by atoms with E-state index in [9.17, 15) is 17.6 Å². The van der Waals surface area contributed by atoms with Crippen molar-refractivity contribution in [3.05, 3.63) is 64.9 Å². The fraction of sp³-hybridized carbons (Fsp3) is 0.552. The molecule has 0 N–H and O–H groups in total. The predicted octanol–water partition coefficient (Wildman–Crippen LogP) is 6.27. The third-order valence-corrected chi connectivity index (χ3v) is 10.6. The van der Waals surface area contributed by atoms with Gasteiger partial charge in [0.25, 0.3) is 0 Å². The van der Waals surface area contributed by atoms with E-state index in [0.717, 1.165) is 32.4 Å². The molecule has 5 rings (SSSR count). The fourth-order valence-electron chi connectivity index (χ4n) is 6.29. The number of nitrogens with zero attached hydrogens (tertiary/aromatic N) is 3. The van der Waals surface area contributed by atoms with Gasteiger partial charge < -0.3 is 14.5 Å². The highest BCUT2D eigenvalue weighted by Crippen LogP contribution is 2.39. The van der Waals surface area contributed by atoms with Gasteiger partial charge in [0.2, 0.25) is 10.0 Å². The Bertz CT molecular complexity index is 1240. The first-order valence-electron chi connectivity index (χ1n) is 14.0. The molecular formula is C29H38Cl2FN3O4S. The van der Waals surface area contributed by atoms with E-state index in [1.807, 2.05) is 0 Å². The summed E-state index contributed by atoms with van der Waals surface area (Å²) in [6.07, 6.45) is 7.07. The average molecular weight is 615 g/mol. The summed E-state index contributed by atoms with van der Waals surface area (Å²) in [6.45, 7) is 3.51. The molecule has 40 heavy (non-hydrogen) atoms. The zero-order chi connectivity index (χ0) is 27.4. The second kappa shape index (κ2) is 13.8. The number of carbonyl (C=O) groups excluding carboxylic acids is 1. The minimum Gasteiger partial charge on any atom is -0.448 e. The predicted molar refractivity (Wildman–Crippen MR) is 156 cm³/mol. The van der Waals surface area contributed by atoms with Crippen LogP contribution in [-0.4, -0.2) is 73.5 Å².